The summed E-state index contributed by atoms with van der Waals surface area (Å²) in [7, 11) is 0. The average Bonchev–Trinajstić information content (AvgIpc) is 3.31. The molecule has 8 nitrogen and oxygen atoms in total. The van der Waals surface area contributed by atoms with E-state index < -0.39 is 0 Å². The van der Waals surface area contributed by atoms with Crippen LogP contribution in [0.2, 0.25) is 0 Å². The van der Waals surface area contributed by atoms with Crippen LogP contribution >= 0.6 is 0 Å². The van der Waals surface area contributed by atoms with Gasteiger partial charge in [0.15, 0.2) is 0 Å². The van der Waals surface area contributed by atoms with E-state index in [1.165, 1.54) is 0 Å². The lowest BCUT2D eigenvalue weighted by Crippen LogP contribution is -2.31. The highest BCUT2D eigenvalue weighted by Gasteiger charge is 2.23. The first-order chi connectivity index (χ1) is 12.7. The molecule has 0 aromatic carbocycles. The summed E-state index contributed by atoms with van der Waals surface area (Å²) < 4.78 is 10.2. The lowest BCUT2D eigenvalue weighted by atomic mass is 9.92. The van der Waals surface area contributed by atoms with Crippen LogP contribution in [0.25, 0.3) is 11.4 Å². The van der Waals surface area contributed by atoms with E-state index >= 15 is 0 Å². The van der Waals surface area contributed by atoms with Gasteiger partial charge in [-0.1, -0.05) is 5.16 Å². The highest BCUT2D eigenvalue weighted by molar-refractivity contribution is 5.76. The standard InChI is InChI=1S/C18H19N5O3/c1-11-19-9-13-14(20-11)3-2-4-15(13)21-16(24)5-6-17-22-18(23-26-17)12-7-8-25-10-12/h7-10,15H,2-6H2,1H3,(H,21,24). The largest absolute Gasteiger partial charge is 0.472 e. The highest BCUT2D eigenvalue weighted by Crippen LogP contribution is 2.28. The number of nitrogens with one attached hydrogen (secondary N) is 1. The molecule has 1 unspecified atom stereocenters. The molecule has 0 bridgehead atoms. The molecule has 8 heteroatoms. The quantitative estimate of drug-likeness (QED) is 0.751. The Morgan fingerprint density at radius 3 is 3.15 bits per heavy atom. The average molecular weight is 353 g/mol. The van der Waals surface area contributed by atoms with Gasteiger partial charge in [0.25, 0.3) is 0 Å². The van der Waals surface area contributed by atoms with Crippen LogP contribution in [0.5, 0.6) is 0 Å². The molecule has 0 aliphatic heterocycles. The molecule has 3 aromatic rings. The fourth-order valence-electron chi connectivity index (χ4n) is 3.15. The van der Waals surface area contributed by atoms with Gasteiger partial charge in [0.2, 0.25) is 17.6 Å². The number of hydrogen-bond donors (Lipinski definition) is 1. The molecule has 0 radical (unpaired) electrons. The minimum atomic E-state index is -0.0495. The topological polar surface area (TPSA) is 107 Å². The van der Waals surface area contributed by atoms with Crippen molar-refractivity contribution in [3.05, 3.63) is 47.8 Å². The summed E-state index contributed by atoms with van der Waals surface area (Å²) in [5.41, 5.74) is 2.81. The van der Waals surface area contributed by atoms with Crippen LogP contribution < -0.4 is 5.32 Å². The van der Waals surface area contributed by atoms with Crippen LogP contribution in [0.3, 0.4) is 0 Å². The van der Waals surface area contributed by atoms with Gasteiger partial charge in [-0.15, -0.1) is 0 Å². The molecule has 1 aliphatic carbocycles. The number of fused-ring (bicyclic) bond motifs is 1. The van der Waals surface area contributed by atoms with E-state index in [0.717, 1.165) is 41.9 Å². The zero-order valence-electron chi connectivity index (χ0n) is 14.4. The number of hydrogen-bond acceptors (Lipinski definition) is 7. The van der Waals surface area contributed by atoms with Crippen molar-refractivity contribution in [1.82, 2.24) is 25.4 Å². The lowest BCUT2D eigenvalue weighted by Gasteiger charge is -2.25. The maximum absolute atomic E-state index is 12.3. The third kappa shape index (κ3) is 3.49. The van der Waals surface area contributed by atoms with Gasteiger partial charge in [-0.05, 0) is 32.3 Å². The molecule has 134 valence electrons. The van der Waals surface area contributed by atoms with Crippen molar-refractivity contribution in [3.8, 4) is 11.4 Å². The second-order valence-corrected chi connectivity index (χ2v) is 6.36. The highest BCUT2D eigenvalue weighted by atomic mass is 16.5. The molecule has 3 aromatic heterocycles. The summed E-state index contributed by atoms with van der Waals surface area (Å²) in [4.78, 5) is 25.4. The number of aryl methyl sites for hydroxylation is 3. The molecule has 1 amide bonds. The van der Waals surface area contributed by atoms with Crippen molar-refractivity contribution in [2.75, 3.05) is 0 Å². The van der Waals surface area contributed by atoms with Gasteiger partial charge < -0.3 is 14.3 Å². The van der Waals surface area contributed by atoms with Crippen LogP contribution in [0, 0.1) is 6.92 Å². The van der Waals surface area contributed by atoms with Gasteiger partial charge in [0.1, 0.15) is 12.1 Å². The van der Waals surface area contributed by atoms with E-state index in [0.29, 0.717) is 18.1 Å². The predicted molar refractivity (Wildman–Crippen MR) is 90.9 cm³/mol. The van der Waals surface area contributed by atoms with Gasteiger partial charge in [-0.2, -0.15) is 4.98 Å². The Kier molecular flexibility index (Phi) is 4.47. The zero-order chi connectivity index (χ0) is 17.9. The third-order valence-electron chi connectivity index (χ3n) is 4.45. The molecule has 1 atom stereocenters. The Morgan fingerprint density at radius 2 is 2.31 bits per heavy atom. The van der Waals surface area contributed by atoms with Crippen molar-refractivity contribution in [3.63, 3.8) is 0 Å². The molecule has 1 aliphatic rings. The third-order valence-corrected chi connectivity index (χ3v) is 4.45. The van der Waals surface area contributed by atoms with Gasteiger partial charge in [-0.25, -0.2) is 9.97 Å². The van der Waals surface area contributed by atoms with Gasteiger partial charge in [-0.3, -0.25) is 4.79 Å². The summed E-state index contributed by atoms with van der Waals surface area (Å²) >= 11 is 0. The van der Waals surface area contributed by atoms with E-state index in [4.69, 9.17) is 8.94 Å². The van der Waals surface area contributed by atoms with Crippen molar-refractivity contribution >= 4 is 5.91 Å². The summed E-state index contributed by atoms with van der Waals surface area (Å²) in [5.74, 6) is 1.61. The van der Waals surface area contributed by atoms with Gasteiger partial charge >= 0.3 is 0 Å². The maximum Gasteiger partial charge on any atom is 0.227 e. The first-order valence-corrected chi connectivity index (χ1v) is 8.66. The van der Waals surface area contributed by atoms with Crippen molar-refractivity contribution in [2.45, 2.75) is 45.1 Å². The van der Waals surface area contributed by atoms with Crippen molar-refractivity contribution in [2.24, 2.45) is 0 Å². The van der Waals surface area contributed by atoms with E-state index in [-0.39, 0.29) is 18.4 Å². The van der Waals surface area contributed by atoms with Crippen LogP contribution in [0.4, 0.5) is 0 Å². The lowest BCUT2D eigenvalue weighted by molar-refractivity contribution is -0.122. The molecule has 0 saturated carbocycles. The van der Waals surface area contributed by atoms with Crippen LogP contribution in [-0.2, 0) is 17.6 Å². The number of carbonyl (C=O) groups is 1. The number of rotatable bonds is 5. The predicted octanol–water partition coefficient (Wildman–Crippen LogP) is 2.55. The minimum Gasteiger partial charge on any atom is -0.472 e. The molecule has 0 saturated heterocycles. The van der Waals surface area contributed by atoms with Gasteiger partial charge in [0.05, 0.1) is 17.9 Å². The number of carbonyl (C=O) groups excluding carboxylic acids is 1. The van der Waals surface area contributed by atoms with Crippen molar-refractivity contribution in [1.29, 1.82) is 0 Å². The number of amides is 1. The minimum absolute atomic E-state index is 0.0315. The molecular formula is C18H19N5O3. The second-order valence-electron chi connectivity index (χ2n) is 6.36. The monoisotopic (exact) mass is 353 g/mol. The zero-order valence-corrected chi connectivity index (χ0v) is 14.4. The molecule has 0 spiro atoms. The number of furan rings is 1. The molecule has 3 heterocycles. The molecule has 0 fully saturated rings. The second kappa shape index (κ2) is 7.07. The van der Waals surface area contributed by atoms with Crippen LogP contribution in [-0.4, -0.2) is 26.0 Å². The molecule has 1 N–H and O–H groups in total. The van der Waals surface area contributed by atoms with Crippen molar-refractivity contribution < 1.29 is 13.7 Å². The summed E-state index contributed by atoms with van der Waals surface area (Å²) in [6.07, 6.45) is 8.44. The molecular weight excluding hydrogens is 334 g/mol. The fraction of sp³-hybridized carbons (Fsp3) is 0.389. The SMILES string of the molecule is Cc1ncc2c(n1)CCCC2NC(=O)CCc1nc(-c2ccoc2)no1. The number of nitrogens with zero attached hydrogens (tertiary/aromatic N) is 4. The summed E-state index contributed by atoms with van der Waals surface area (Å²) in [6.45, 7) is 1.88. The molecule has 4 rings (SSSR count). The Bertz CT molecular complexity index is 903. The Morgan fingerprint density at radius 1 is 1.38 bits per heavy atom. The van der Waals surface area contributed by atoms with Gasteiger partial charge in [0, 0.05) is 30.3 Å². The Labute approximate surface area is 150 Å². The Balaban J connectivity index is 1.35. The molecule has 26 heavy (non-hydrogen) atoms. The normalized spacial score (nSPS) is 16.3. The summed E-state index contributed by atoms with van der Waals surface area (Å²) in [5, 5.41) is 6.97. The summed E-state index contributed by atoms with van der Waals surface area (Å²) in [6, 6.07) is 1.72. The fourth-order valence-corrected chi connectivity index (χ4v) is 3.15. The number of aromatic nitrogens is 4. The van der Waals surface area contributed by atoms with E-state index in [1.54, 1.807) is 18.6 Å². The van der Waals surface area contributed by atoms with E-state index in [1.807, 2.05) is 13.1 Å². The smallest absolute Gasteiger partial charge is 0.227 e. The first kappa shape index (κ1) is 16.4. The van der Waals surface area contributed by atoms with E-state index in [2.05, 4.69) is 25.4 Å². The maximum atomic E-state index is 12.3. The van der Waals surface area contributed by atoms with Crippen LogP contribution in [0.15, 0.2) is 33.7 Å². The van der Waals surface area contributed by atoms with Crippen LogP contribution in [0.1, 0.15) is 48.3 Å². The Hall–Kier alpha value is -3.03. The first-order valence-electron chi connectivity index (χ1n) is 8.66. The van der Waals surface area contributed by atoms with E-state index in [9.17, 15) is 4.79 Å².